The van der Waals surface area contributed by atoms with E-state index in [0.717, 1.165) is 24.0 Å². The Morgan fingerprint density at radius 1 is 0.773 bits per heavy atom. The lowest BCUT2D eigenvalue weighted by Gasteiger charge is -2.30. The molecule has 0 spiro atoms. The average Bonchev–Trinajstić information content (AvgIpc) is 3.47. The van der Waals surface area contributed by atoms with Crippen molar-refractivity contribution in [2.45, 2.75) is 130 Å². The molecule has 1 aromatic heterocycles. The van der Waals surface area contributed by atoms with Gasteiger partial charge in [-0.1, -0.05) is 141 Å². The molecule has 0 radical (unpaired) electrons. The summed E-state index contributed by atoms with van der Waals surface area (Å²) >= 11 is 0. The maximum absolute atomic E-state index is 14.7. The third-order valence-corrected chi connectivity index (χ3v) is 8.05. The van der Waals surface area contributed by atoms with Crippen molar-refractivity contribution in [3.63, 3.8) is 0 Å². The van der Waals surface area contributed by atoms with E-state index in [1.54, 1.807) is 11.7 Å². The molecule has 240 valence electrons. The number of carbonyl (C=O) groups excluding carboxylic acids is 2. The van der Waals surface area contributed by atoms with E-state index >= 15 is 0 Å². The van der Waals surface area contributed by atoms with Crippen LogP contribution in [0.25, 0.3) is 0 Å². The molecule has 2 amide bonds. The summed E-state index contributed by atoms with van der Waals surface area (Å²) in [6.45, 7) is 13.0. The fourth-order valence-electron chi connectivity index (χ4n) is 5.63. The molecule has 0 aliphatic rings. The van der Waals surface area contributed by atoms with Gasteiger partial charge in [-0.2, -0.15) is 4.80 Å². The molecule has 3 aromatic rings. The number of aromatic nitrogens is 4. The Bertz CT molecular complexity index is 1260. The molecule has 8 heteroatoms. The van der Waals surface area contributed by atoms with Gasteiger partial charge < -0.3 is 4.74 Å². The van der Waals surface area contributed by atoms with E-state index in [2.05, 4.69) is 50.0 Å². The number of unbranched alkanes of at least 4 members (excludes halogenated alkanes) is 9. The van der Waals surface area contributed by atoms with Gasteiger partial charge in [-0.05, 0) is 47.1 Å². The van der Waals surface area contributed by atoms with Crippen LogP contribution in [-0.2, 0) is 16.1 Å². The summed E-state index contributed by atoms with van der Waals surface area (Å²) in [6.07, 6.45) is 11.7. The third-order valence-electron chi connectivity index (χ3n) is 8.05. The van der Waals surface area contributed by atoms with Gasteiger partial charge in [-0.25, -0.2) is 9.69 Å². The number of rotatable bonds is 18. The molecule has 1 atom stereocenters. The maximum Gasteiger partial charge on any atom is 0.421 e. The van der Waals surface area contributed by atoms with Crippen LogP contribution in [0.3, 0.4) is 0 Å². The molecule has 0 aliphatic carbocycles. The van der Waals surface area contributed by atoms with E-state index in [4.69, 9.17) is 4.74 Å². The number of ether oxygens (including phenoxy) is 1. The number of amides is 2. The van der Waals surface area contributed by atoms with Crippen molar-refractivity contribution in [3.8, 4) is 0 Å². The van der Waals surface area contributed by atoms with Crippen molar-refractivity contribution in [2.75, 3.05) is 11.5 Å². The van der Waals surface area contributed by atoms with E-state index in [-0.39, 0.29) is 24.3 Å². The summed E-state index contributed by atoms with van der Waals surface area (Å²) in [5, 5.41) is 13.3. The second-order valence-electron chi connectivity index (χ2n) is 12.2. The number of hydrogen-bond acceptors (Lipinski definition) is 6. The number of anilines is 1. The number of benzene rings is 2. The molecule has 3 rings (SSSR count). The van der Waals surface area contributed by atoms with E-state index in [9.17, 15) is 9.59 Å². The molecule has 1 unspecified atom stereocenters. The molecule has 0 N–H and O–H groups in total. The number of tetrazole rings is 1. The number of para-hydroxylation sites is 1. The SMILES string of the molecule is CCCCCCCCCCCCn1nnc(C(C(=O)N(C(=O)OCC)c2c(C(C)C)cccc2C(C)C)c2ccccc2)n1. The lowest BCUT2D eigenvalue weighted by molar-refractivity contribution is -0.118. The number of nitrogens with zero attached hydrogens (tertiary/aromatic N) is 5. The molecule has 8 nitrogen and oxygen atoms in total. The fourth-order valence-corrected chi connectivity index (χ4v) is 5.63. The monoisotopic (exact) mass is 603 g/mol. The highest BCUT2D eigenvalue weighted by molar-refractivity contribution is 6.16. The molecule has 0 saturated heterocycles. The smallest absolute Gasteiger partial charge is 0.421 e. The van der Waals surface area contributed by atoms with Crippen molar-refractivity contribution in [1.82, 2.24) is 20.2 Å². The number of aryl methyl sites for hydroxylation is 1. The van der Waals surface area contributed by atoms with Crippen LogP contribution in [0.2, 0.25) is 0 Å². The van der Waals surface area contributed by atoms with Gasteiger partial charge in [0.1, 0.15) is 5.92 Å². The standard InChI is InChI=1S/C36H53N5O3/c1-7-9-10-11-12-13-14-15-16-20-26-40-38-34(37-39-40)32(29-22-18-17-19-23-29)35(42)41(36(43)44-8-2)33-30(27(3)4)24-21-25-31(33)28(5)6/h17-19,21-25,27-28,32H,7-16,20,26H2,1-6H3. The van der Waals surface area contributed by atoms with Crippen LogP contribution in [-0.4, -0.2) is 38.8 Å². The van der Waals surface area contributed by atoms with E-state index in [1.165, 1.54) is 56.3 Å². The Labute approximate surface area is 264 Å². The van der Waals surface area contributed by atoms with Gasteiger partial charge in [0.25, 0.3) is 5.91 Å². The quantitative estimate of drug-likeness (QED) is 0.135. The largest absolute Gasteiger partial charge is 0.449 e. The van der Waals surface area contributed by atoms with E-state index in [0.29, 0.717) is 17.8 Å². The Hall–Kier alpha value is -3.55. The van der Waals surface area contributed by atoms with Gasteiger partial charge in [0, 0.05) is 0 Å². The second-order valence-corrected chi connectivity index (χ2v) is 12.2. The van der Waals surface area contributed by atoms with Crippen LogP contribution < -0.4 is 4.90 Å². The lowest BCUT2D eigenvalue weighted by atomic mass is 9.90. The topological polar surface area (TPSA) is 90.2 Å². The van der Waals surface area contributed by atoms with Gasteiger partial charge in [0.05, 0.1) is 18.8 Å². The fraction of sp³-hybridized carbons (Fsp3) is 0.583. The Kier molecular flexibility index (Phi) is 14.5. The van der Waals surface area contributed by atoms with Gasteiger partial charge >= 0.3 is 6.09 Å². The van der Waals surface area contributed by atoms with Crippen molar-refractivity contribution < 1.29 is 14.3 Å². The Morgan fingerprint density at radius 3 is 1.89 bits per heavy atom. The van der Waals surface area contributed by atoms with Crippen molar-refractivity contribution >= 4 is 17.7 Å². The van der Waals surface area contributed by atoms with Crippen LogP contribution in [0.5, 0.6) is 0 Å². The molecule has 0 bridgehead atoms. The molecule has 2 aromatic carbocycles. The molecule has 1 heterocycles. The summed E-state index contributed by atoms with van der Waals surface area (Å²) in [4.78, 5) is 31.1. The number of imide groups is 1. The zero-order valence-electron chi connectivity index (χ0n) is 27.8. The minimum absolute atomic E-state index is 0.0728. The maximum atomic E-state index is 14.7. The van der Waals surface area contributed by atoms with Crippen LogP contribution in [0.15, 0.2) is 48.5 Å². The predicted molar refractivity (Wildman–Crippen MR) is 177 cm³/mol. The Balaban J connectivity index is 1.86. The van der Waals surface area contributed by atoms with E-state index < -0.39 is 17.9 Å². The molecule has 0 saturated carbocycles. The van der Waals surface area contributed by atoms with Gasteiger partial charge in [0.15, 0.2) is 5.82 Å². The van der Waals surface area contributed by atoms with Gasteiger partial charge in [-0.15, -0.1) is 10.2 Å². The van der Waals surface area contributed by atoms with Gasteiger partial charge in [-0.3, -0.25) is 4.79 Å². The van der Waals surface area contributed by atoms with Crippen LogP contribution in [0, 0.1) is 0 Å². The zero-order chi connectivity index (χ0) is 31.9. The molecular formula is C36H53N5O3. The van der Waals surface area contributed by atoms with Crippen molar-refractivity contribution in [2.24, 2.45) is 0 Å². The van der Waals surface area contributed by atoms with Crippen LogP contribution in [0.4, 0.5) is 10.5 Å². The molecular weight excluding hydrogens is 550 g/mol. The average molecular weight is 604 g/mol. The Morgan fingerprint density at radius 2 is 1.34 bits per heavy atom. The summed E-state index contributed by atoms with van der Waals surface area (Å²) in [6, 6.07) is 15.3. The molecule has 0 fully saturated rings. The minimum Gasteiger partial charge on any atom is -0.449 e. The predicted octanol–water partition coefficient (Wildman–Crippen LogP) is 9.16. The number of carbonyl (C=O) groups is 2. The highest BCUT2D eigenvalue weighted by Crippen LogP contribution is 2.38. The second kappa shape index (κ2) is 18.3. The normalized spacial score (nSPS) is 12.1. The summed E-state index contributed by atoms with van der Waals surface area (Å²) in [5.41, 5.74) is 3.09. The summed E-state index contributed by atoms with van der Waals surface area (Å²) in [7, 11) is 0. The highest BCUT2D eigenvalue weighted by Gasteiger charge is 2.38. The lowest BCUT2D eigenvalue weighted by Crippen LogP contribution is -2.42. The molecule has 44 heavy (non-hydrogen) atoms. The first-order valence-corrected chi connectivity index (χ1v) is 16.8. The first kappa shape index (κ1) is 34.9. The first-order valence-electron chi connectivity index (χ1n) is 16.8. The third kappa shape index (κ3) is 9.73. The minimum atomic E-state index is -0.928. The van der Waals surface area contributed by atoms with Gasteiger partial charge in [0.2, 0.25) is 0 Å². The van der Waals surface area contributed by atoms with E-state index in [1.807, 2.05) is 48.5 Å². The molecule has 0 aliphatic heterocycles. The highest BCUT2D eigenvalue weighted by atomic mass is 16.6. The van der Waals surface area contributed by atoms with Crippen molar-refractivity contribution in [1.29, 1.82) is 0 Å². The first-order chi connectivity index (χ1) is 21.3. The summed E-state index contributed by atoms with van der Waals surface area (Å²) in [5.74, 6) is -0.964. The summed E-state index contributed by atoms with van der Waals surface area (Å²) < 4.78 is 5.50. The van der Waals surface area contributed by atoms with Crippen LogP contribution in [0.1, 0.15) is 146 Å². The van der Waals surface area contributed by atoms with Crippen molar-refractivity contribution in [3.05, 3.63) is 71.0 Å². The zero-order valence-corrected chi connectivity index (χ0v) is 27.8. The van der Waals surface area contributed by atoms with Crippen LogP contribution >= 0.6 is 0 Å². The number of hydrogen-bond donors (Lipinski definition) is 0.